The normalized spacial score (nSPS) is 14.3. The second-order valence-corrected chi connectivity index (χ2v) is 4.47. The highest BCUT2D eigenvalue weighted by atomic mass is 19.3. The Morgan fingerprint density at radius 1 is 1.37 bits per heavy atom. The molecule has 0 saturated heterocycles. The van der Waals surface area contributed by atoms with Crippen molar-refractivity contribution in [2.24, 2.45) is 0 Å². The highest BCUT2D eigenvalue weighted by molar-refractivity contribution is 5.51. The predicted molar refractivity (Wildman–Crippen MR) is 68.8 cm³/mol. The lowest BCUT2D eigenvalue weighted by Gasteiger charge is -2.23. The molecule has 0 fully saturated rings. The van der Waals surface area contributed by atoms with Gasteiger partial charge in [-0.3, -0.25) is 0 Å². The van der Waals surface area contributed by atoms with Gasteiger partial charge in [-0.15, -0.1) is 0 Å². The van der Waals surface area contributed by atoms with Crippen LogP contribution in [0.3, 0.4) is 0 Å². The molecule has 1 rings (SSSR count). The van der Waals surface area contributed by atoms with E-state index in [1.54, 1.807) is 32.4 Å². The summed E-state index contributed by atoms with van der Waals surface area (Å²) in [6.07, 6.45) is -2.81. The van der Waals surface area contributed by atoms with Crippen molar-refractivity contribution in [1.82, 2.24) is 0 Å². The summed E-state index contributed by atoms with van der Waals surface area (Å²) in [5, 5.41) is 12.2. The van der Waals surface area contributed by atoms with Crippen molar-refractivity contribution in [1.29, 1.82) is 0 Å². The maximum atomic E-state index is 12.5. The van der Waals surface area contributed by atoms with Crippen LogP contribution < -0.4 is 10.1 Å². The zero-order chi connectivity index (χ0) is 14.5. The highest BCUT2D eigenvalue weighted by Crippen LogP contribution is 2.24. The number of hydrogen-bond acceptors (Lipinski definition) is 4. The summed E-state index contributed by atoms with van der Waals surface area (Å²) in [7, 11) is 3.10. The quantitative estimate of drug-likeness (QED) is 0.801. The van der Waals surface area contributed by atoms with Crippen molar-refractivity contribution in [2.45, 2.75) is 25.6 Å². The van der Waals surface area contributed by atoms with Crippen LogP contribution in [0.1, 0.15) is 12.5 Å². The van der Waals surface area contributed by atoms with Gasteiger partial charge < -0.3 is 19.9 Å². The van der Waals surface area contributed by atoms with E-state index < -0.39 is 12.0 Å². The van der Waals surface area contributed by atoms with Crippen LogP contribution in [0.5, 0.6) is 5.75 Å². The topological polar surface area (TPSA) is 50.7 Å². The lowest BCUT2D eigenvalue weighted by Crippen LogP contribution is -2.40. The standard InChI is InChI=1S/C13H19F2NO3/c1-13(17,12(14)15)8-16-10-4-5-11(19-3)9(6-10)7-18-2/h4-6,12,16-17H,7-8H2,1-3H3. The van der Waals surface area contributed by atoms with Gasteiger partial charge >= 0.3 is 0 Å². The van der Waals surface area contributed by atoms with E-state index >= 15 is 0 Å². The third kappa shape index (κ3) is 4.33. The van der Waals surface area contributed by atoms with E-state index in [0.29, 0.717) is 18.0 Å². The number of methoxy groups -OCH3 is 2. The largest absolute Gasteiger partial charge is 0.496 e. The average molecular weight is 275 g/mol. The fourth-order valence-electron chi connectivity index (χ4n) is 1.52. The van der Waals surface area contributed by atoms with E-state index in [0.717, 1.165) is 12.5 Å². The molecule has 0 bridgehead atoms. The van der Waals surface area contributed by atoms with Crippen molar-refractivity contribution in [3.05, 3.63) is 23.8 Å². The summed E-state index contributed by atoms with van der Waals surface area (Å²) in [6, 6.07) is 5.15. The molecule has 0 aliphatic heterocycles. The Morgan fingerprint density at radius 2 is 2.05 bits per heavy atom. The van der Waals surface area contributed by atoms with E-state index in [4.69, 9.17) is 9.47 Å². The van der Waals surface area contributed by atoms with Gasteiger partial charge in [0, 0.05) is 24.9 Å². The molecule has 0 aliphatic carbocycles. The monoisotopic (exact) mass is 275 g/mol. The molecule has 0 spiro atoms. The minimum Gasteiger partial charge on any atom is -0.496 e. The second kappa shape index (κ2) is 6.68. The molecule has 0 aromatic heterocycles. The number of hydrogen-bond donors (Lipinski definition) is 2. The maximum absolute atomic E-state index is 12.5. The van der Waals surface area contributed by atoms with Crippen LogP contribution >= 0.6 is 0 Å². The Bertz CT molecular complexity index is 411. The Hall–Kier alpha value is -1.40. The number of halogens is 2. The molecule has 19 heavy (non-hydrogen) atoms. The Kier molecular flexibility index (Phi) is 5.50. The number of benzene rings is 1. The number of alkyl halides is 2. The highest BCUT2D eigenvalue weighted by Gasteiger charge is 2.31. The molecule has 108 valence electrons. The molecule has 0 amide bonds. The number of rotatable bonds is 7. The van der Waals surface area contributed by atoms with Crippen molar-refractivity contribution < 1.29 is 23.4 Å². The molecule has 4 nitrogen and oxygen atoms in total. The molecule has 1 atom stereocenters. The molecule has 0 aliphatic rings. The van der Waals surface area contributed by atoms with Crippen molar-refractivity contribution in [3.63, 3.8) is 0 Å². The van der Waals surface area contributed by atoms with Crippen LogP contribution in [0.25, 0.3) is 0 Å². The van der Waals surface area contributed by atoms with Crippen molar-refractivity contribution in [2.75, 3.05) is 26.1 Å². The average Bonchev–Trinajstić information content (AvgIpc) is 2.37. The molecular formula is C13H19F2NO3. The zero-order valence-corrected chi connectivity index (χ0v) is 11.2. The number of ether oxygens (including phenoxy) is 2. The summed E-state index contributed by atoms with van der Waals surface area (Å²) < 4.78 is 35.2. The van der Waals surface area contributed by atoms with E-state index in [1.807, 2.05) is 0 Å². The molecule has 0 saturated carbocycles. The fraction of sp³-hybridized carbons (Fsp3) is 0.538. The third-order valence-electron chi connectivity index (χ3n) is 2.70. The SMILES string of the molecule is COCc1cc(NCC(C)(O)C(F)F)ccc1OC. The van der Waals surface area contributed by atoms with Crippen LogP contribution in [0.15, 0.2) is 18.2 Å². The summed E-state index contributed by atoms with van der Waals surface area (Å²) in [6.45, 7) is 1.19. The molecular weight excluding hydrogens is 256 g/mol. The van der Waals surface area contributed by atoms with E-state index in [2.05, 4.69) is 5.32 Å². The number of anilines is 1. The summed E-state index contributed by atoms with van der Waals surface area (Å²) in [5.41, 5.74) is -0.651. The van der Waals surface area contributed by atoms with Crippen LogP contribution in [0, 0.1) is 0 Å². The van der Waals surface area contributed by atoms with Gasteiger partial charge in [-0.25, -0.2) is 8.78 Å². The Labute approximate surface area is 111 Å². The van der Waals surface area contributed by atoms with E-state index in [9.17, 15) is 13.9 Å². The van der Waals surface area contributed by atoms with E-state index in [1.165, 1.54) is 0 Å². The number of nitrogens with one attached hydrogen (secondary N) is 1. The van der Waals surface area contributed by atoms with Crippen LogP contribution in [0.2, 0.25) is 0 Å². The molecule has 0 heterocycles. The lowest BCUT2D eigenvalue weighted by molar-refractivity contribution is -0.0732. The van der Waals surface area contributed by atoms with Gasteiger partial charge in [0.05, 0.1) is 13.7 Å². The number of aliphatic hydroxyl groups is 1. The maximum Gasteiger partial charge on any atom is 0.268 e. The predicted octanol–water partition coefficient (Wildman–Crippen LogP) is 2.27. The summed E-state index contributed by atoms with van der Waals surface area (Å²) >= 11 is 0. The minimum atomic E-state index is -2.81. The lowest BCUT2D eigenvalue weighted by atomic mass is 10.1. The fourth-order valence-corrected chi connectivity index (χ4v) is 1.52. The molecule has 2 N–H and O–H groups in total. The molecule has 1 unspecified atom stereocenters. The van der Waals surface area contributed by atoms with Crippen LogP contribution in [0.4, 0.5) is 14.5 Å². The van der Waals surface area contributed by atoms with Gasteiger partial charge in [0.2, 0.25) is 0 Å². The molecule has 1 aromatic rings. The third-order valence-corrected chi connectivity index (χ3v) is 2.70. The van der Waals surface area contributed by atoms with Gasteiger partial charge in [-0.05, 0) is 25.1 Å². The molecule has 0 radical (unpaired) electrons. The molecule has 6 heteroatoms. The first kappa shape index (κ1) is 15.7. The second-order valence-electron chi connectivity index (χ2n) is 4.47. The first-order chi connectivity index (χ1) is 8.90. The van der Waals surface area contributed by atoms with Crippen molar-refractivity contribution in [3.8, 4) is 5.75 Å². The Balaban J connectivity index is 2.77. The van der Waals surface area contributed by atoms with Crippen LogP contribution in [-0.2, 0) is 11.3 Å². The van der Waals surface area contributed by atoms with Gasteiger partial charge in [-0.2, -0.15) is 0 Å². The van der Waals surface area contributed by atoms with Crippen molar-refractivity contribution >= 4 is 5.69 Å². The van der Waals surface area contributed by atoms with Gasteiger partial charge in [0.15, 0.2) is 0 Å². The van der Waals surface area contributed by atoms with E-state index in [-0.39, 0.29) is 6.54 Å². The van der Waals surface area contributed by atoms with Gasteiger partial charge in [0.1, 0.15) is 11.4 Å². The van der Waals surface area contributed by atoms with Gasteiger partial charge in [-0.1, -0.05) is 0 Å². The summed E-state index contributed by atoms with van der Waals surface area (Å²) in [5.74, 6) is 0.660. The van der Waals surface area contributed by atoms with Crippen LogP contribution in [-0.4, -0.2) is 37.9 Å². The van der Waals surface area contributed by atoms with Gasteiger partial charge in [0.25, 0.3) is 6.43 Å². The first-order valence-corrected chi connectivity index (χ1v) is 5.81. The minimum absolute atomic E-state index is 0.247. The first-order valence-electron chi connectivity index (χ1n) is 5.81. The Morgan fingerprint density at radius 3 is 2.58 bits per heavy atom. The molecule has 1 aromatic carbocycles. The summed E-state index contributed by atoms with van der Waals surface area (Å²) in [4.78, 5) is 0. The smallest absolute Gasteiger partial charge is 0.268 e. The zero-order valence-electron chi connectivity index (χ0n) is 11.2.